The summed E-state index contributed by atoms with van der Waals surface area (Å²) in [7, 11) is 1.43. The summed E-state index contributed by atoms with van der Waals surface area (Å²) in [6.45, 7) is 2.19. The van der Waals surface area contributed by atoms with Crippen LogP contribution in [0.2, 0.25) is 0 Å². The van der Waals surface area contributed by atoms with E-state index in [-0.39, 0.29) is 23.8 Å². The van der Waals surface area contributed by atoms with Crippen LogP contribution in [0, 0.1) is 0 Å². The Hall–Kier alpha value is -2.08. The number of hydrogen-bond donors (Lipinski definition) is 2. The number of anilines is 2. The summed E-state index contributed by atoms with van der Waals surface area (Å²) in [4.78, 5) is 24.0. The molecular formula is C12H16N2O4. The van der Waals surface area contributed by atoms with Gasteiger partial charge in [-0.2, -0.15) is 0 Å². The van der Waals surface area contributed by atoms with E-state index in [1.54, 1.807) is 6.92 Å². The number of rotatable bonds is 5. The fourth-order valence-corrected chi connectivity index (χ4v) is 1.62. The van der Waals surface area contributed by atoms with Crippen LogP contribution in [0.1, 0.15) is 17.3 Å². The molecule has 0 radical (unpaired) electrons. The van der Waals surface area contributed by atoms with Gasteiger partial charge in [-0.15, -0.1) is 0 Å². The number of carboxylic acids is 1. The molecule has 0 bridgehead atoms. The van der Waals surface area contributed by atoms with Gasteiger partial charge in [0.15, 0.2) is 0 Å². The number of benzene rings is 1. The molecule has 0 atom stereocenters. The Balaban J connectivity index is 3.07. The van der Waals surface area contributed by atoms with Crippen molar-refractivity contribution in [2.45, 2.75) is 6.92 Å². The summed E-state index contributed by atoms with van der Waals surface area (Å²) in [6, 6.07) is 4.27. The molecule has 18 heavy (non-hydrogen) atoms. The Morgan fingerprint density at radius 1 is 1.44 bits per heavy atom. The second-order valence-corrected chi connectivity index (χ2v) is 3.65. The monoisotopic (exact) mass is 252 g/mol. The highest BCUT2D eigenvalue weighted by atomic mass is 16.5. The predicted octanol–water partition coefficient (Wildman–Crippen LogP) is 0.966. The first kappa shape index (κ1) is 14.0. The van der Waals surface area contributed by atoms with Crippen molar-refractivity contribution in [2.75, 3.05) is 30.9 Å². The average molecular weight is 252 g/mol. The van der Waals surface area contributed by atoms with Crippen molar-refractivity contribution in [3.8, 4) is 0 Å². The number of carboxylic acid groups (broad SMARTS) is 1. The van der Waals surface area contributed by atoms with Crippen LogP contribution >= 0.6 is 0 Å². The minimum atomic E-state index is -1.06. The van der Waals surface area contributed by atoms with Crippen LogP contribution in [-0.2, 0) is 9.53 Å². The Kier molecular flexibility index (Phi) is 4.67. The van der Waals surface area contributed by atoms with Gasteiger partial charge in [0, 0.05) is 13.7 Å². The summed E-state index contributed by atoms with van der Waals surface area (Å²) in [6.07, 6.45) is 0. The van der Waals surface area contributed by atoms with E-state index >= 15 is 0 Å². The third kappa shape index (κ3) is 2.98. The molecule has 98 valence electrons. The summed E-state index contributed by atoms with van der Waals surface area (Å²) < 4.78 is 4.78. The zero-order chi connectivity index (χ0) is 13.7. The van der Waals surface area contributed by atoms with Gasteiger partial charge in [-0.1, -0.05) is 0 Å². The molecule has 0 aromatic heterocycles. The van der Waals surface area contributed by atoms with Gasteiger partial charge in [-0.25, -0.2) is 4.79 Å². The predicted molar refractivity (Wildman–Crippen MR) is 67.7 cm³/mol. The Morgan fingerprint density at radius 2 is 2.11 bits per heavy atom. The van der Waals surface area contributed by atoms with E-state index < -0.39 is 5.97 Å². The molecule has 0 saturated carbocycles. The van der Waals surface area contributed by atoms with Gasteiger partial charge in [-0.3, -0.25) is 4.79 Å². The van der Waals surface area contributed by atoms with Crippen LogP contribution < -0.4 is 10.6 Å². The van der Waals surface area contributed by atoms with Crippen LogP contribution in [0.25, 0.3) is 0 Å². The van der Waals surface area contributed by atoms with Crippen molar-refractivity contribution in [3.63, 3.8) is 0 Å². The second-order valence-electron chi connectivity index (χ2n) is 3.65. The standard InChI is InChI=1S/C12H16N2O4/c1-3-14(11(15)7-18-2)10-5-4-8(12(16)17)6-9(10)13/h4-6H,3,7,13H2,1-2H3,(H,16,17). The fraction of sp³-hybridized carbons (Fsp3) is 0.333. The number of carbonyl (C=O) groups excluding carboxylic acids is 1. The molecule has 0 aliphatic rings. The lowest BCUT2D eigenvalue weighted by atomic mass is 10.1. The van der Waals surface area contributed by atoms with Gasteiger partial charge in [0.05, 0.1) is 16.9 Å². The number of amides is 1. The highest BCUT2D eigenvalue weighted by Crippen LogP contribution is 2.24. The minimum Gasteiger partial charge on any atom is -0.478 e. The molecule has 6 heteroatoms. The highest BCUT2D eigenvalue weighted by molar-refractivity contribution is 5.98. The van der Waals surface area contributed by atoms with E-state index in [9.17, 15) is 9.59 Å². The zero-order valence-corrected chi connectivity index (χ0v) is 10.3. The molecule has 0 heterocycles. The average Bonchev–Trinajstić information content (AvgIpc) is 2.32. The van der Waals surface area contributed by atoms with E-state index in [2.05, 4.69) is 0 Å². The minimum absolute atomic E-state index is 0.0477. The van der Waals surface area contributed by atoms with Crippen LogP contribution in [0.5, 0.6) is 0 Å². The number of aromatic carboxylic acids is 1. The van der Waals surface area contributed by atoms with Crippen molar-refractivity contribution in [3.05, 3.63) is 23.8 Å². The van der Waals surface area contributed by atoms with Crippen LogP contribution in [0.3, 0.4) is 0 Å². The van der Waals surface area contributed by atoms with Crippen molar-refractivity contribution in [1.82, 2.24) is 0 Å². The molecule has 0 saturated heterocycles. The number of likely N-dealkylation sites (N-methyl/N-ethyl adjacent to an activating group) is 1. The first-order chi connectivity index (χ1) is 8.51. The van der Waals surface area contributed by atoms with Gasteiger partial charge >= 0.3 is 5.97 Å². The molecule has 0 aliphatic heterocycles. The number of nitrogen functional groups attached to an aromatic ring is 1. The maximum atomic E-state index is 11.8. The highest BCUT2D eigenvalue weighted by Gasteiger charge is 2.17. The Labute approximate surface area is 105 Å². The third-order valence-corrected chi connectivity index (χ3v) is 2.45. The second kappa shape index (κ2) is 6.02. The van der Waals surface area contributed by atoms with Gasteiger partial charge in [0.2, 0.25) is 0 Å². The first-order valence-corrected chi connectivity index (χ1v) is 5.43. The van der Waals surface area contributed by atoms with Crippen molar-refractivity contribution < 1.29 is 19.4 Å². The molecule has 1 aromatic rings. The SMILES string of the molecule is CCN(C(=O)COC)c1ccc(C(=O)O)cc1N. The fourth-order valence-electron chi connectivity index (χ4n) is 1.62. The number of ether oxygens (including phenoxy) is 1. The first-order valence-electron chi connectivity index (χ1n) is 5.43. The summed E-state index contributed by atoms with van der Waals surface area (Å²) >= 11 is 0. The Morgan fingerprint density at radius 3 is 2.56 bits per heavy atom. The van der Waals surface area contributed by atoms with Crippen LogP contribution in [0.4, 0.5) is 11.4 Å². The summed E-state index contributed by atoms with van der Waals surface area (Å²) in [5.74, 6) is -1.28. The van der Waals surface area contributed by atoms with Crippen LogP contribution in [-0.4, -0.2) is 37.2 Å². The van der Waals surface area contributed by atoms with Gasteiger partial charge in [0.1, 0.15) is 6.61 Å². The van der Waals surface area contributed by atoms with Gasteiger partial charge < -0.3 is 20.5 Å². The lowest BCUT2D eigenvalue weighted by molar-refractivity contribution is -0.122. The number of nitrogens with zero attached hydrogens (tertiary/aromatic N) is 1. The molecule has 1 amide bonds. The number of hydrogen-bond acceptors (Lipinski definition) is 4. The maximum Gasteiger partial charge on any atom is 0.335 e. The van der Waals surface area contributed by atoms with E-state index in [0.717, 1.165) is 0 Å². The van der Waals surface area contributed by atoms with Gasteiger partial charge in [0.25, 0.3) is 5.91 Å². The van der Waals surface area contributed by atoms with E-state index in [1.165, 1.54) is 30.2 Å². The lowest BCUT2D eigenvalue weighted by Crippen LogP contribution is -2.34. The molecule has 1 rings (SSSR count). The van der Waals surface area contributed by atoms with Crippen molar-refractivity contribution >= 4 is 23.3 Å². The summed E-state index contributed by atoms with van der Waals surface area (Å²) in [5.41, 5.74) is 6.60. The molecule has 6 nitrogen and oxygen atoms in total. The smallest absolute Gasteiger partial charge is 0.335 e. The molecule has 3 N–H and O–H groups in total. The topological polar surface area (TPSA) is 92.9 Å². The van der Waals surface area contributed by atoms with E-state index in [1.807, 2.05) is 0 Å². The number of nitrogens with two attached hydrogens (primary N) is 1. The van der Waals surface area contributed by atoms with Crippen molar-refractivity contribution in [1.29, 1.82) is 0 Å². The maximum absolute atomic E-state index is 11.8. The quantitative estimate of drug-likeness (QED) is 0.761. The largest absolute Gasteiger partial charge is 0.478 e. The summed E-state index contributed by atoms with van der Waals surface area (Å²) in [5, 5.41) is 8.83. The molecular weight excluding hydrogens is 236 g/mol. The molecule has 0 aliphatic carbocycles. The molecule has 0 fully saturated rings. The van der Waals surface area contributed by atoms with Crippen LogP contribution in [0.15, 0.2) is 18.2 Å². The Bertz CT molecular complexity index is 459. The molecule has 0 unspecified atom stereocenters. The zero-order valence-electron chi connectivity index (χ0n) is 10.3. The van der Waals surface area contributed by atoms with Crippen molar-refractivity contribution in [2.24, 2.45) is 0 Å². The molecule has 1 aromatic carbocycles. The lowest BCUT2D eigenvalue weighted by Gasteiger charge is -2.22. The van der Waals surface area contributed by atoms with E-state index in [4.69, 9.17) is 15.6 Å². The third-order valence-electron chi connectivity index (χ3n) is 2.45. The number of carbonyl (C=O) groups is 2. The normalized spacial score (nSPS) is 10.1. The molecule has 0 spiro atoms. The van der Waals surface area contributed by atoms with Gasteiger partial charge in [-0.05, 0) is 25.1 Å². The van der Waals surface area contributed by atoms with E-state index in [0.29, 0.717) is 12.2 Å². The number of methoxy groups -OCH3 is 1.